The molecule has 0 atom stereocenters. The second kappa shape index (κ2) is 12.7. The largest absolute Gasteiger partial charge is 2.00 e. The third-order valence-corrected chi connectivity index (χ3v) is 5.89. The molecule has 0 aliphatic carbocycles. The smallest absolute Gasteiger partial charge is 0.256 e. The first-order chi connectivity index (χ1) is 17.3. The van der Waals surface area contributed by atoms with Gasteiger partial charge in [-0.25, -0.2) is 0 Å². The van der Waals surface area contributed by atoms with E-state index >= 15 is 0 Å². The minimum Gasteiger partial charge on any atom is -0.256 e. The number of nitrogens with zero attached hydrogens (tertiary/aromatic N) is 2. The van der Waals surface area contributed by atoms with Crippen LogP contribution in [0.5, 0.6) is 0 Å². The van der Waals surface area contributed by atoms with Crippen molar-refractivity contribution < 1.29 is 21.1 Å². The van der Waals surface area contributed by atoms with Crippen molar-refractivity contribution >= 4 is 32.6 Å². The van der Waals surface area contributed by atoms with Gasteiger partial charge >= 0.3 is 21.1 Å². The van der Waals surface area contributed by atoms with Crippen LogP contribution in [0, 0.1) is 53.7 Å². The third kappa shape index (κ3) is 7.34. The van der Waals surface area contributed by atoms with Crippen molar-refractivity contribution in [2.45, 2.75) is 41.5 Å². The molecule has 6 rings (SSSR count). The fraction of sp³-hybridized carbons (Fsp3) is 0.176. The molecule has 0 saturated carbocycles. The average molecular weight is 664 g/mol. The molecule has 0 fully saturated rings. The number of hydrogen-bond donors (Lipinski definition) is 0. The van der Waals surface area contributed by atoms with Crippen molar-refractivity contribution in [2.75, 3.05) is 0 Å². The van der Waals surface area contributed by atoms with Gasteiger partial charge in [0.05, 0.1) is 11.0 Å². The summed E-state index contributed by atoms with van der Waals surface area (Å²) >= 11 is 0. The van der Waals surface area contributed by atoms with Gasteiger partial charge in [-0.1, -0.05) is 77.9 Å². The van der Waals surface area contributed by atoms with Crippen molar-refractivity contribution in [2.24, 2.45) is 0 Å². The molecule has 2 aromatic heterocycles. The number of aryl methyl sites for hydroxylation is 6. The van der Waals surface area contributed by atoms with Crippen molar-refractivity contribution in [3.63, 3.8) is 0 Å². The zero-order valence-electron chi connectivity index (χ0n) is 22.3. The topological polar surface area (TPSA) is 25.8 Å². The van der Waals surface area contributed by atoms with Gasteiger partial charge in [-0.15, -0.1) is 0 Å². The molecular weight excluding hydrogens is 631 g/mol. The van der Waals surface area contributed by atoms with Crippen LogP contribution in [0.15, 0.2) is 85.2 Å². The van der Waals surface area contributed by atoms with Gasteiger partial charge in [-0.2, -0.15) is 69.8 Å². The standard InChI is InChI=1S/C16H10N2.2C9H11.Pt/c1-3-12-7-5-11-6-8-13-4-2-10-18-16(13)14(11)15(12)17-9-1;2*1-7-4-8(2)6-9(3)5-7;/h1-10H;2*4-5H,1-3H3;/q;2*-1;+2. The normalized spacial score (nSPS) is 10.2. The molecule has 0 N–H and O–H groups in total. The van der Waals surface area contributed by atoms with Crippen LogP contribution in [-0.4, -0.2) is 9.97 Å². The van der Waals surface area contributed by atoms with Crippen molar-refractivity contribution in [1.82, 2.24) is 9.97 Å². The zero-order chi connectivity index (χ0) is 25.7. The molecule has 3 heteroatoms. The Bertz CT molecular complexity index is 1430. The summed E-state index contributed by atoms with van der Waals surface area (Å²) in [4.78, 5) is 9.04. The maximum absolute atomic E-state index is 4.52. The fourth-order valence-electron chi connectivity index (χ4n) is 4.70. The van der Waals surface area contributed by atoms with E-state index in [0.717, 1.165) is 27.2 Å². The van der Waals surface area contributed by atoms with Crippen molar-refractivity contribution in [1.29, 1.82) is 0 Å². The van der Waals surface area contributed by atoms with E-state index in [4.69, 9.17) is 0 Å². The summed E-state index contributed by atoms with van der Waals surface area (Å²) in [6.07, 6.45) is 3.67. The minimum absolute atomic E-state index is 0. The van der Waals surface area contributed by atoms with E-state index in [1.54, 1.807) is 0 Å². The number of fused-ring (bicyclic) bond motifs is 5. The summed E-state index contributed by atoms with van der Waals surface area (Å²) in [6.45, 7) is 12.5. The SMILES string of the molecule is Cc1[c-]c(C)cc(C)c1.Cc1[c-]c(C)cc(C)c1.[Pt+2].c1cnc2c(c1)ccc1ccc3cccnc3c12. The molecule has 6 aromatic rings. The van der Waals surface area contributed by atoms with Crippen molar-refractivity contribution in [3.8, 4) is 0 Å². The quantitative estimate of drug-likeness (QED) is 0.120. The van der Waals surface area contributed by atoms with Crippen LogP contribution < -0.4 is 0 Å². The van der Waals surface area contributed by atoms with Crippen LogP contribution in [0.3, 0.4) is 0 Å². The molecule has 2 heterocycles. The first-order valence-corrected chi connectivity index (χ1v) is 12.3. The molecule has 0 radical (unpaired) electrons. The Hall–Kier alpha value is -3.35. The molecule has 188 valence electrons. The van der Waals surface area contributed by atoms with Gasteiger partial charge in [0.1, 0.15) is 0 Å². The van der Waals surface area contributed by atoms with E-state index in [1.807, 2.05) is 24.5 Å². The van der Waals surface area contributed by atoms with E-state index in [0.29, 0.717) is 0 Å². The number of hydrogen-bond acceptors (Lipinski definition) is 2. The molecule has 0 bridgehead atoms. The summed E-state index contributed by atoms with van der Waals surface area (Å²) < 4.78 is 0. The minimum atomic E-state index is 0. The molecular formula is C34H32N2Pt. The van der Waals surface area contributed by atoms with Crippen molar-refractivity contribution in [3.05, 3.63) is 131 Å². The molecule has 0 aliphatic rings. The molecule has 0 saturated heterocycles. The summed E-state index contributed by atoms with van der Waals surface area (Å²) in [5.74, 6) is 0. The molecule has 2 nitrogen and oxygen atoms in total. The first-order valence-electron chi connectivity index (χ1n) is 12.3. The first kappa shape index (κ1) is 28.2. The molecule has 37 heavy (non-hydrogen) atoms. The predicted molar refractivity (Wildman–Crippen MR) is 154 cm³/mol. The van der Waals surface area contributed by atoms with Gasteiger partial charge in [0.2, 0.25) is 0 Å². The van der Waals surface area contributed by atoms with E-state index in [-0.39, 0.29) is 21.1 Å². The summed E-state index contributed by atoms with van der Waals surface area (Å²) in [6, 6.07) is 31.5. The van der Waals surface area contributed by atoms with Crippen LogP contribution in [0.1, 0.15) is 33.4 Å². The molecule has 0 amide bonds. The molecule has 0 aliphatic heterocycles. The Kier molecular flexibility index (Phi) is 9.72. The maximum atomic E-state index is 4.52. The second-order valence-corrected chi connectivity index (χ2v) is 9.43. The number of benzene rings is 4. The summed E-state index contributed by atoms with van der Waals surface area (Å²) in [7, 11) is 0. The van der Waals surface area contributed by atoms with Gasteiger partial charge in [0.15, 0.2) is 0 Å². The second-order valence-electron chi connectivity index (χ2n) is 9.43. The van der Waals surface area contributed by atoms with E-state index in [1.165, 1.54) is 38.8 Å². The maximum Gasteiger partial charge on any atom is 2.00 e. The molecule has 0 spiro atoms. The summed E-state index contributed by atoms with van der Waals surface area (Å²) in [5, 5.41) is 4.64. The number of pyridine rings is 2. The van der Waals surface area contributed by atoms with Gasteiger partial charge in [0, 0.05) is 28.6 Å². The van der Waals surface area contributed by atoms with Gasteiger partial charge in [-0.05, 0) is 17.5 Å². The Morgan fingerprint density at radius 1 is 0.486 bits per heavy atom. The van der Waals surface area contributed by atoms with Crippen LogP contribution in [-0.2, 0) is 21.1 Å². The monoisotopic (exact) mass is 663 g/mol. The number of rotatable bonds is 0. The summed E-state index contributed by atoms with van der Waals surface area (Å²) in [5.41, 5.74) is 9.62. The van der Waals surface area contributed by atoms with Gasteiger partial charge in [0.25, 0.3) is 0 Å². The average Bonchev–Trinajstić information content (AvgIpc) is 2.82. The van der Waals surface area contributed by atoms with Gasteiger partial charge < -0.3 is 0 Å². The Morgan fingerprint density at radius 2 is 0.838 bits per heavy atom. The zero-order valence-corrected chi connectivity index (χ0v) is 24.6. The Morgan fingerprint density at radius 3 is 1.19 bits per heavy atom. The molecule has 4 aromatic carbocycles. The Balaban J connectivity index is 0.000000170. The van der Waals surface area contributed by atoms with Crippen LogP contribution in [0.2, 0.25) is 0 Å². The van der Waals surface area contributed by atoms with Gasteiger partial charge in [-0.3, -0.25) is 9.97 Å². The fourth-order valence-corrected chi connectivity index (χ4v) is 4.70. The van der Waals surface area contributed by atoms with E-state index in [9.17, 15) is 0 Å². The van der Waals surface area contributed by atoms with E-state index in [2.05, 4.69) is 124 Å². The Labute approximate surface area is 235 Å². The van der Waals surface area contributed by atoms with E-state index < -0.39 is 0 Å². The predicted octanol–water partition coefficient (Wildman–Crippen LogP) is 8.76. The molecule has 0 unspecified atom stereocenters. The van der Waals surface area contributed by atoms with Crippen LogP contribution >= 0.6 is 0 Å². The third-order valence-electron chi connectivity index (χ3n) is 5.89. The van der Waals surface area contributed by atoms with Crippen LogP contribution in [0.4, 0.5) is 0 Å². The number of aromatic nitrogens is 2. The van der Waals surface area contributed by atoms with Crippen LogP contribution in [0.25, 0.3) is 32.6 Å².